The number of nitrogens with zero attached hydrogens (tertiary/aromatic N) is 1. The highest BCUT2D eigenvalue weighted by molar-refractivity contribution is 7.87. The Morgan fingerprint density at radius 2 is 2.00 bits per heavy atom. The van der Waals surface area contributed by atoms with Crippen LogP contribution in [0.2, 0.25) is 0 Å². The summed E-state index contributed by atoms with van der Waals surface area (Å²) in [6.07, 6.45) is -3.04. The topological polar surface area (TPSA) is 66.5 Å². The van der Waals surface area contributed by atoms with Crippen molar-refractivity contribution in [2.24, 2.45) is 0 Å². The first-order valence-corrected chi connectivity index (χ1v) is 6.91. The maximum Gasteiger partial charge on any atom is 0.402 e. The van der Waals surface area contributed by atoms with Crippen LogP contribution in [0.1, 0.15) is 26.2 Å². The lowest BCUT2D eigenvalue weighted by molar-refractivity contribution is -0.122. The van der Waals surface area contributed by atoms with E-state index in [0.29, 0.717) is 19.3 Å². The third kappa shape index (κ3) is 4.21. The molecule has 1 rings (SSSR count). The molecule has 0 radical (unpaired) electrons. The SMILES string of the molecule is CC(=O)C1CCCCN1S(=O)(=O)NCC(F)(F)F. The van der Waals surface area contributed by atoms with E-state index in [-0.39, 0.29) is 12.3 Å². The Morgan fingerprint density at radius 1 is 1.39 bits per heavy atom. The van der Waals surface area contributed by atoms with E-state index in [0.717, 1.165) is 4.31 Å². The molecule has 1 aliphatic heterocycles. The molecule has 0 spiro atoms. The second kappa shape index (κ2) is 5.54. The molecular weight excluding hydrogens is 273 g/mol. The minimum Gasteiger partial charge on any atom is -0.298 e. The van der Waals surface area contributed by atoms with Gasteiger partial charge < -0.3 is 0 Å². The summed E-state index contributed by atoms with van der Waals surface area (Å²) in [6, 6.07) is -0.857. The molecule has 0 aromatic carbocycles. The summed E-state index contributed by atoms with van der Waals surface area (Å²) in [4.78, 5) is 11.3. The van der Waals surface area contributed by atoms with Crippen molar-refractivity contribution >= 4 is 16.0 Å². The maximum atomic E-state index is 12.0. The van der Waals surface area contributed by atoms with E-state index in [4.69, 9.17) is 0 Å². The van der Waals surface area contributed by atoms with Gasteiger partial charge in [-0.25, -0.2) is 0 Å². The van der Waals surface area contributed by atoms with Gasteiger partial charge >= 0.3 is 6.18 Å². The highest BCUT2D eigenvalue weighted by atomic mass is 32.2. The standard InChI is InChI=1S/C9H15F3N2O3S/c1-7(15)8-4-2-3-5-14(8)18(16,17)13-6-9(10,11)12/h8,13H,2-6H2,1H3. The van der Waals surface area contributed by atoms with Gasteiger partial charge in [-0.05, 0) is 19.8 Å². The number of nitrogens with one attached hydrogen (secondary N) is 1. The molecule has 0 aromatic rings. The van der Waals surface area contributed by atoms with Gasteiger partial charge in [-0.1, -0.05) is 6.42 Å². The van der Waals surface area contributed by atoms with Gasteiger partial charge in [0.25, 0.3) is 10.2 Å². The molecule has 5 nitrogen and oxygen atoms in total. The second-order valence-corrected chi connectivity index (χ2v) is 5.88. The lowest BCUT2D eigenvalue weighted by Gasteiger charge is -2.33. The first kappa shape index (κ1) is 15.4. The molecule has 106 valence electrons. The molecule has 0 amide bonds. The number of rotatable bonds is 4. The Morgan fingerprint density at radius 3 is 2.50 bits per heavy atom. The van der Waals surface area contributed by atoms with Gasteiger partial charge in [0.15, 0.2) is 0 Å². The van der Waals surface area contributed by atoms with Crippen LogP contribution < -0.4 is 4.72 Å². The van der Waals surface area contributed by atoms with Crippen molar-refractivity contribution in [3.63, 3.8) is 0 Å². The van der Waals surface area contributed by atoms with Crippen LogP contribution >= 0.6 is 0 Å². The molecule has 0 aromatic heterocycles. The van der Waals surface area contributed by atoms with E-state index in [1.165, 1.54) is 11.6 Å². The van der Waals surface area contributed by atoms with Crippen molar-refractivity contribution < 1.29 is 26.4 Å². The highest BCUT2D eigenvalue weighted by Crippen LogP contribution is 2.21. The lowest BCUT2D eigenvalue weighted by atomic mass is 10.0. The van der Waals surface area contributed by atoms with E-state index in [2.05, 4.69) is 0 Å². The van der Waals surface area contributed by atoms with Crippen LogP contribution in [0.4, 0.5) is 13.2 Å². The summed E-state index contributed by atoms with van der Waals surface area (Å²) in [5, 5.41) is 0. The zero-order chi connectivity index (χ0) is 14.0. The Bertz CT molecular complexity index is 408. The smallest absolute Gasteiger partial charge is 0.298 e. The fourth-order valence-electron chi connectivity index (χ4n) is 1.85. The average molecular weight is 288 g/mol. The molecule has 0 bridgehead atoms. The molecule has 1 heterocycles. The van der Waals surface area contributed by atoms with Gasteiger partial charge in [0.05, 0.1) is 6.04 Å². The maximum absolute atomic E-state index is 12.0. The van der Waals surface area contributed by atoms with E-state index in [1.54, 1.807) is 0 Å². The lowest BCUT2D eigenvalue weighted by Crippen LogP contribution is -2.52. The van der Waals surface area contributed by atoms with E-state index in [1.807, 2.05) is 0 Å². The highest BCUT2D eigenvalue weighted by Gasteiger charge is 2.37. The van der Waals surface area contributed by atoms with Gasteiger partial charge in [0, 0.05) is 6.54 Å². The monoisotopic (exact) mass is 288 g/mol. The summed E-state index contributed by atoms with van der Waals surface area (Å²) in [7, 11) is -4.27. The average Bonchev–Trinajstić information content (AvgIpc) is 2.26. The Kier molecular flexibility index (Phi) is 4.73. The number of carbonyl (C=O) groups is 1. The summed E-state index contributed by atoms with van der Waals surface area (Å²) >= 11 is 0. The quantitative estimate of drug-likeness (QED) is 0.833. The zero-order valence-corrected chi connectivity index (χ0v) is 10.6. The van der Waals surface area contributed by atoms with E-state index < -0.39 is 29.0 Å². The van der Waals surface area contributed by atoms with Crippen LogP contribution in [-0.2, 0) is 15.0 Å². The molecule has 0 saturated carbocycles. The van der Waals surface area contributed by atoms with Crippen molar-refractivity contribution in [1.29, 1.82) is 0 Å². The van der Waals surface area contributed by atoms with Crippen LogP contribution in [0.3, 0.4) is 0 Å². The fourth-order valence-corrected chi connectivity index (χ4v) is 3.33. The van der Waals surface area contributed by atoms with Gasteiger partial charge in [-0.3, -0.25) is 4.79 Å². The summed E-state index contributed by atoms with van der Waals surface area (Å²) in [5.74, 6) is -0.355. The van der Waals surface area contributed by atoms with E-state index >= 15 is 0 Å². The number of hydrogen-bond donors (Lipinski definition) is 1. The summed E-state index contributed by atoms with van der Waals surface area (Å²) in [5.41, 5.74) is 0. The number of piperidine rings is 1. The second-order valence-electron chi connectivity index (χ2n) is 4.17. The molecule has 1 fully saturated rings. The summed E-state index contributed by atoms with van der Waals surface area (Å²) in [6.45, 7) is -0.323. The number of carbonyl (C=O) groups excluding carboxylic acids is 1. The van der Waals surface area contributed by atoms with Crippen LogP contribution in [0.25, 0.3) is 0 Å². The first-order chi connectivity index (χ1) is 8.13. The van der Waals surface area contributed by atoms with E-state index in [9.17, 15) is 26.4 Å². The largest absolute Gasteiger partial charge is 0.402 e. The normalized spacial score (nSPS) is 23.0. The van der Waals surface area contributed by atoms with Crippen LogP contribution in [-0.4, -0.2) is 43.8 Å². The Labute approximate surface area is 104 Å². The Balaban J connectivity index is 2.78. The predicted molar refractivity (Wildman–Crippen MR) is 58.0 cm³/mol. The zero-order valence-electron chi connectivity index (χ0n) is 9.83. The summed E-state index contributed by atoms with van der Waals surface area (Å²) < 4.78 is 61.7. The van der Waals surface area contributed by atoms with Crippen molar-refractivity contribution in [1.82, 2.24) is 9.03 Å². The molecule has 1 unspecified atom stereocenters. The molecule has 9 heteroatoms. The van der Waals surface area contributed by atoms with Gasteiger partial charge in [-0.2, -0.15) is 30.6 Å². The molecule has 0 aliphatic carbocycles. The predicted octanol–water partition coefficient (Wildman–Crippen LogP) is 0.827. The first-order valence-electron chi connectivity index (χ1n) is 5.47. The fraction of sp³-hybridized carbons (Fsp3) is 0.889. The number of alkyl halides is 3. The number of ketones is 1. The van der Waals surface area contributed by atoms with Gasteiger partial charge in [-0.15, -0.1) is 0 Å². The van der Waals surface area contributed by atoms with Crippen LogP contribution in [0, 0.1) is 0 Å². The van der Waals surface area contributed by atoms with Gasteiger partial charge in [0.1, 0.15) is 12.3 Å². The van der Waals surface area contributed by atoms with Crippen molar-refractivity contribution in [2.75, 3.05) is 13.1 Å². The minimum absolute atomic E-state index is 0.0669. The number of halogens is 3. The van der Waals surface area contributed by atoms with Crippen LogP contribution in [0.15, 0.2) is 0 Å². The van der Waals surface area contributed by atoms with Crippen molar-refractivity contribution in [3.8, 4) is 0 Å². The van der Waals surface area contributed by atoms with Gasteiger partial charge in [0.2, 0.25) is 0 Å². The Hall–Kier alpha value is -0.670. The van der Waals surface area contributed by atoms with Crippen LogP contribution in [0.5, 0.6) is 0 Å². The van der Waals surface area contributed by atoms with Crippen molar-refractivity contribution in [3.05, 3.63) is 0 Å². The molecule has 1 saturated heterocycles. The molecule has 1 N–H and O–H groups in total. The molecule has 1 atom stereocenters. The third-order valence-corrected chi connectivity index (χ3v) is 4.25. The number of Topliss-reactive ketones (excluding diaryl/α,β-unsaturated/α-hetero) is 1. The molecule has 18 heavy (non-hydrogen) atoms. The molecular formula is C9H15F3N2O3S. The number of hydrogen-bond acceptors (Lipinski definition) is 3. The van der Waals surface area contributed by atoms with Crippen molar-refractivity contribution in [2.45, 2.75) is 38.4 Å². The third-order valence-electron chi connectivity index (χ3n) is 2.69. The minimum atomic E-state index is -4.62. The molecule has 1 aliphatic rings.